The molecule has 19 heavy (non-hydrogen) atoms. The van der Waals surface area contributed by atoms with Crippen LogP contribution in [0.4, 0.5) is 0 Å². The molecule has 2 aliphatic carbocycles. The number of nitrogens with one attached hydrogen (secondary N) is 1. The molecule has 2 atom stereocenters. The van der Waals surface area contributed by atoms with E-state index in [9.17, 15) is 5.11 Å². The molecule has 2 unspecified atom stereocenters. The Hall–Kier alpha value is -0.120. The molecule has 112 valence electrons. The normalized spacial score (nSPS) is 29.1. The van der Waals surface area contributed by atoms with Gasteiger partial charge in [0.1, 0.15) is 0 Å². The van der Waals surface area contributed by atoms with Gasteiger partial charge in [-0.3, -0.25) is 0 Å². The number of ether oxygens (including phenoxy) is 1. The summed E-state index contributed by atoms with van der Waals surface area (Å²) in [5, 5.41) is 13.4. The van der Waals surface area contributed by atoms with Crippen molar-refractivity contribution in [2.75, 3.05) is 19.8 Å². The van der Waals surface area contributed by atoms with Gasteiger partial charge in [0.05, 0.1) is 6.10 Å². The van der Waals surface area contributed by atoms with Crippen LogP contribution in [0.1, 0.15) is 59.3 Å². The highest BCUT2D eigenvalue weighted by Gasteiger charge is 2.58. The molecule has 0 aromatic heterocycles. The standard InChI is InChI=1S/C16H31NO2/c1-4-15(5-2,12-18)11-17-13-10-14(19-6-3)16(13)8-7-9-16/h13-14,17-18H,4-12H2,1-3H3. The third-order valence-corrected chi connectivity index (χ3v) is 6.00. The maximum absolute atomic E-state index is 9.65. The number of aliphatic hydroxyl groups is 1. The van der Waals surface area contributed by atoms with Gasteiger partial charge < -0.3 is 15.2 Å². The van der Waals surface area contributed by atoms with Crippen molar-refractivity contribution in [2.24, 2.45) is 10.8 Å². The van der Waals surface area contributed by atoms with E-state index in [4.69, 9.17) is 4.74 Å². The molecule has 2 rings (SSSR count). The third kappa shape index (κ3) is 2.57. The summed E-state index contributed by atoms with van der Waals surface area (Å²) < 4.78 is 5.89. The van der Waals surface area contributed by atoms with Gasteiger partial charge in [-0.05, 0) is 39.0 Å². The molecule has 0 aliphatic heterocycles. The van der Waals surface area contributed by atoms with Gasteiger partial charge in [0.25, 0.3) is 0 Å². The van der Waals surface area contributed by atoms with Crippen LogP contribution in [0.5, 0.6) is 0 Å². The second kappa shape index (κ2) is 6.11. The topological polar surface area (TPSA) is 41.5 Å². The van der Waals surface area contributed by atoms with E-state index in [0.29, 0.717) is 24.2 Å². The number of hydrogen-bond acceptors (Lipinski definition) is 3. The SMILES string of the molecule is CCOC1CC(NCC(CC)(CC)CO)C12CCC2. The minimum atomic E-state index is 0.0711. The summed E-state index contributed by atoms with van der Waals surface area (Å²) in [6.45, 7) is 8.54. The second-order valence-electron chi connectivity index (χ2n) is 6.57. The molecular formula is C16H31NO2. The van der Waals surface area contributed by atoms with Crippen molar-refractivity contribution in [2.45, 2.75) is 71.4 Å². The van der Waals surface area contributed by atoms with Crippen LogP contribution in [0.25, 0.3) is 0 Å². The minimum absolute atomic E-state index is 0.0711. The molecule has 3 heteroatoms. The van der Waals surface area contributed by atoms with Gasteiger partial charge in [-0.25, -0.2) is 0 Å². The smallest absolute Gasteiger partial charge is 0.0661 e. The summed E-state index contributed by atoms with van der Waals surface area (Å²) in [5.41, 5.74) is 0.500. The van der Waals surface area contributed by atoms with Crippen molar-refractivity contribution >= 4 is 0 Å². The van der Waals surface area contributed by atoms with Gasteiger partial charge in [-0.1, -0.05) is 20.3 Å². The summed E-state index contributed by atoms with van der Waals surface area (Å²) in [4.78, 5) is 0. The van der Waals surface area contributed by atoms with Crippen molar-refractivity contribution in [1.29, 1.82) is 0 Å². The van der Waals surface area contributed by atoms with Gasteiger partial charge in [0, 0.05) is 36.6 Å². The molecule has 3 nitrogen and oxygen atoms in total. The maximum atomic E-state index is 9.65. The molecule has 0 aromatic carbocycles. The Bertz CT molecular complexity index is 276. The van der Waals surface area contributed by atoms with Gasteiger partial charge in [0.15, 0.2) is 0 Å². The Morgan fingerprint density at radius 2 is 1.95 bits per heavy atom. The van der Waals surface area contributed by atoms with E-state index in [0.717, 1.165) is 32.4 Å². The second-order valence-corrected chi connectivity index (χ2v) is 6.57. The van der Waals surface area contributed by atoms with E-state index < -0.39 is 0 Å². The first kappa shape index (κ1) is 15.3. The lowest BCUT2D eigenvalue weighted by molar-refractivity contribution is -0.174. The van der Waals surface area contributed by atoms with Gasteiger partial charge in [0.2, 0.25) is 0 Å². The van der Waals surface area contributed by atoms with Crippen molar-refractivity contribution in [3.8, 4) is 0 Å². The summed E-state index contributed by atoms with van der Waals surface area (Å²) in [6.07, 6.45) is 7.72. The van der Waals surface area contributed by atoms with Crippen LogP contribution in [0.2, 0.25) is 0 Å². The average Bonchev–Trinajstić information content (AvgIpc) is 2.36. The fraction of sp³-hybridized carbons (Fsp3) is 1.00. The summed E-state index contributed by atoms with van der Waals surface area (Å²) in [6, 6.07) is 0.613. The Morgan fingerprint density at radius 3 is 2.37 bits per heavy atom. The zero-order valence-electron chi connectivity index (χ0n) is 12.9. The molecule has 0 saturated heterocycles. The summed E-state index contributed by atoms with van der Waals surface area (Å²) in [7, 11) is 0. The largest absolute Gasteiger partial charge is 0.396 e. The predicted molar refractivity (Wildman–Crippen MR) is 78.2 cm³/mol. The van der Waals surface area contributed by atoms with Crippen molar-refractivity contribution in [1.82, 2.24) is 5.32 Å². The Kier molecular flexibility index (Phi) is 4.91. The van der Waals surface area contributed by atoms with E-state index in [-0.39, 0.29) is 5.41 Å². The maximum Gasteiger partial charge on any atom is 0.0661 e. The van der Waals surface area contributed by atoms with Crippen molar-refractivity contribution in [3.63, 3.8) is 0 Å². The first-order valence-electron chi connectivity index (χ1n) is 8.12. The third-order valence-electron chi connectivity index (χ3n) is 6.00. The Balaban J connectivity index is 1.87. The van der Waals surface area contributed by atoms with E-state index in [2.05, 4.69) is 26.1 Å². The summed E-state index contributed by atoms with van der Waals surface area (Å²) >= 11 is 0. The molecule has 2 saturated carbocycles. The Morgan fingerprint density at radius 1 is 1.26 bits per heavy atom. The number of aliphatic hydroxyl groups excluding tert-OH is 1. The highest BCUT2D eigenvalue weighted by molar-refractivity contribution is 5.12. The molecule has 0 radical (unpaired) electrons. The van der Waals surface area contributed by atoms with Crippen LogP contribution in [-0.4, -0.2) is 37.0 Å². The summed E-state index contributed by atoms with van der Waals surface area (Å²) in [5.74, 6) is 0. The van der Waals surface area contributed by atoms with Crippen LogP contribution < -0.4 is 5.32 Å². The molecule has 0 aromatic rings. The van der Waals surface area contributed by atoms with Gasteiger partial charge in [-0.2, -0.15) is 0 Å². The first-order valence-corrected chi connectivity index (χ1v) is 8.12. The molecular weight excluding hydrogens is 238 g/mol. The van der Waals surface area contributed by atoms with E-state index in [1.54, 1.807) is 0 Å². The quantitative estimate of drug-likeness (QED) is 0.712. The molecule has 0 bridgehead atoms. The molecule has 0 amide bonds. The van der Waals surface area contributed by atoms with Crippen LogP contribution in [0.3, 0.4) is 0 Å². The Labute approximate surface area is 118 Å². The number of hydrogen-bond donors (Lipinski definition) is 2. The molecule has 2 fully saturated rings. The monoisotopic (exact) mass is 269 g/mol. The molecule has 1 spiro atoms. The van der Waals surface area contributed by atoms with Crippen LogP contribution in [0.15, 0.2) is 0 Å². The van der Waals surface area contributed by atoms with E-state index >= 15 is 0 Å². The van der Waals surface area contributed by atoms with E-state index in [1.165, 1.54) is 19.3 Å². The van der Waals surface area contributed by atoms with Gasteiger partial charge >= 0.3 is 0 Å². The first-order chi connectivity index (χ1) is 9.16. The molecule has 2 N–H and O–H groups in total. The zero-order valence-corrected chi connectivity index (χ0v) is 12.9. The highest BCUT2D eigenvalue weighted by Crippen LogP contribution is 2.57. The zero-order chi connectivity index (χ0) is 13.9. The van der Waals surface area contributed by atoms with Crippen molar-refractivity contribution in [3.05, 3.63) is 0 Å². The lowest BCUT2D eigenvalue weighted by Gasteiger charge is -2.61. The molecule has 2 aliphatic rings. The van der Waals surface area contributed by atoms with Crippen LogP contribution in [-0.2, 0) is 4.74 Å². The average molecular weight is 269 g/mol. The lowest BCUT2D eigenvalue weighted by atomic mass is 9.51. The fourth-order valence-corrected chi connectivity index (χ4v) is 3.84. The fourth-order valence-electron chi connectivity index (χ4n) is 3.84. The molecule has 0 heterocycles. The lowest BCUT2D eigenvalue weighted by Crippen LogP contribution is -2.67. The van der Waals surface area contributed by atoms with Crippen LogP contribution in [0, 0.1) is 10.8 Å². The predicted octanol–water partition coefficient (Wildman–Crippen LogP) is 2.72. The van der Waals surface area contributed by atoms with E-state index in [1.807, 2.05) is 0 Å². The van der Waals surface area contributed by atoms with Crippen LogP contribution >= 0.6 is 0 Å². The minimum Gasteiger partial charge on any atom is -0.396 e. The van der Waals surface area contributed by atoms with Gasteiger partial charge in [-0.15, -0.1) is 0 Å². The van der Waals surface area contributed by atoms with Crippen molar-refractivity contribution < 1.29 is 9.84 Å². The highest BCUT2D eigenvalue weighted by atomic mass is 16.5. The number of rotatable bonds is 8.